The van der Waals surface area contributed by atoms with Crippen LogP contribution in [-0.4, -0.2) is 82.9 Å². The van der Waals surface area contributed by atoms with Crippen LogP contribution in [0.3, 0.4) is 0 Å². The lowest BCUT2D eigenvalue weighted by Crippen LogP contribution is -2.63. The van der Waals surface area contributed by atoms with Crippen LogP contribution in [0, 0.1) is 17.0 Å². The van der Waals surface area contributed by atoms with E-state index in [-0.39, 0.29) is 24.7 Å². The van der Waals surface area contributed by atoms with Crippen LogP contribution < -0.4 is 15.4 Å². The maximum absolute atomic E-state index is 14.3. The van der Waals surface area contributed by atoms with Crippen molar-refractivity contribution in [2.45, 2.75) is 38.3 Å². The van der Waals surface area contributed by atoms with Gasteiger partial charge in [-0.2, -0.15) is 5.10 Å². The molecule has 2 aromatic carbocycles. The Hall–Kier alpha value is -4.55. The van der Waals surface area contributed by atoms with Gasteiger partial charge >= 0.3 is 6.09 Å². The van der Waals surface area contributed by atoms with Gasteiger partial charge in [0.05, 0.1) is 5.71 Å². The molecule has 2 unspecified atom stereocenters. The molecule has 218 valence electrons. The van der Waals surface area contributed by atoms with Gasteiger partial charge in [0.25, 0.3) is 5.91 Å². The third kappa shape index (κ3) is 6.28. The van der Waals surface area contributed by atoms with Crippen molar-refractivity contribution in [2.75, 3.05) is 26.7 Å². The van der Waals surface area contributed by atoms with E-state index in [1.807, 2.05) is 30.3 Å². The van der Waals surface area contributed by atoms with Crippen LogP contribution in [-0.2, 0) is 20.8 Å². The van der Waals surface area contributed by atoms with Gasteiger partial charge < -0.3 is 25.4 Å². The molecule has 11 nitrogen and oxygen atoms in total. The number of amides is 4. The summed E-state index contributed by atoms with van der Waals surface area (Å²) in [6.45, 7) is 2.22. The summed E-state index contributed by atoms with van der Waals surface area (Å²) < 4.78 is 33.1. The zero-order chi connectivity index (χ0) is 29.9. The molecule has 0 spiro atoms. The van der Waals surface area contributed by atoms with Gasteiger partial charge in [-0.15, -0.1) is 0 Å². The summed E-state index contributed by atoms with van der Waals surface area (Å²) >= 11 is 0. The van der Waals surface area contributed by atoms with Gasteiger partial charge in [-0.25, -0.2) is 18.6 Å². The van der Waals surface area contributed by atoms with Crippen molar-refractivity contribution in [1.29, 1.82) is 0 Å². The molecule has 1 fully saturated rings. The number of halogens is 2. The van der Waals surface area contributed by atoms with E-state index in [0.29, 0.717) is 24.6 Å². The molecule has 0 radical (unpaired) electrons. The second-order valence-electron chi connectivity index (χ2n) is 10.6. The first-order valence-electron chi connectivity index (χ1n) is 12.9. The molecule has 2 atom stereocenters. The molecule has 2 heterocycles. The van der Waals surface area contributed by atoms with Crippen LogP contribution in [0.2, 0.25) is 0 Å². The number of nitrogens with one attached hydrogen (secondary N) is 2. The topological polar surface area (TPSA) is 141 Å². The molecule has 1 saturated heterocycles. The minimum atomic E-state index is -1.63. The summed E-state index contributed by atoms with van der Waals surface area (Å²) in [5.74, 6) is -3.90. The second kappa shape index (κ2) is 11.5. The summed E-state index contributed by atoms with van der Waals surface area (Å²) in [5.41, 5.74) is -1.23. The molecule has 3 N–H and O–H groups in total. The van der Waals surface area contributed by atoms with Gasteiger partial charge in [-0.3, -0.25) is 14.4 Å². The van der Waals surface area contributed by atoms with E-state index in [2.05, 4.69) is 15.7 Å². The Bertz CT molecular complexity index is 1390. The van der Waals surface area contributed by atoms with Crippen LogP contribution in [0.4, 0.5) is 13.6 Å². The zero-order valence-electron chi connectivity index (χ0n) is 22.8. The standard InChI is InChI=1S/C28H31F2N5O6/c1-27(2,32-26(39)40)24(37)31-20(15-41-21-10-9-18(29)13-19(21)30)23(36)35-12-11-22-28(16-35,25(38)34(3)33-22)14-17-7-5-4-6-8-17/h4-10,13,20,32H,11-12,14-16H2,1-3H3,(H,31,37)(H,39,40). The number of carbonyl (C=O) groups excluding carboxylic acids is 3. The Morgan fingerprint density at radius 2 is 1.88 bits per heavy atom. The Morgan fingerprint density at radius 3 is 2.54 bits per heavy atom. The molecule has 0 aliphatic carbocycles. The number of fused-ring (bicyclic) bond motifs is 1. The number of rotatable bonds is 9. The average Bonchev–Trinajstić information content (AvgIpc) is 3.15. The van der Waals surface area contributed by atoms with E-state index >= 15 is 0 Å². The normalized spacial score (nSPS) is 19.2. The van der Waals surface area contributed by atoms with Crippen LogP contribution in [0.1, 0.15) is 25.8 Å². The van der Waals surface area contributed by atoms with E-state index in [1.165, 1.54) is 23.8 Å². The molecular formula is C28H31F2N5O6. The molecule has 2 aliphatic heterocycles. The summed E-state index contributed by atoms with van der Waals surface area (Å²) in [5, 5.41) is 19.4. The predicted octanol–water partition coefficient (Wildman–Crippen LogP) is 2.16. The number of hydrazone groups is 1. The highest BCUT2D eigenvalue weighted by Crippen LogP contribution is 2.38. The lowest BCUT2D eigenvalue weighted by atomic mass is 9.73. The number of hydrogen-bond donors (Lipinski definition) is 3. The fraction of sp³-hybridized carbons (Fsp3) is 0.393. The van der Waals surface area contributed by atoms with E-state index < -0.39 is 53.1 Å². The third-order valence-electron chi connectivity index (χ3n) is 7.16. The smallest absolute Gasteiger partial charge is 0.405 e. The van der Waals surface area contributed by atoms with Gasteiger partial charge in [-0.05, 0) is 38.0 Å². The largest absolute Gasteiger partial charge is 0.488 e. The predicted molar refractivity (Wildman–Crippen MR) is 143 cm³/mol. The Balaban J connectivity index is 1.61. The first-order valence-corrected chi connectivity index (χ1v) is 12.9. The van der Waals surface area contributed by atoms with Crippen molar-refractivity contribution in [3.63, 3.8) is 0 Å². The van der Waals surface area contributed by atoms with E-state index in [9.17, 15) is 28.0 Å². The van der Waals surface area contributed by atoms with Crippen molar-refractivity contribution in [3.05, 3.63) is 65.7 Å². The molecule has 0 saturated carbocycles. The molecule has 4 rings (SSSR count). The lowest BCUT2D eigenvalue weighted by molar-refractivity contribution is -0.143. The summed E-state index contributed by atoms with van der Waals surface area (Å²) in [7, 11) is 1.55. The van der Waals surface area contributed by atoms with Gasteiger partial charge in [0.1, 0.15) is 29.4 Å². The molecular weight excluding hydrogens is 540 g/mol. The minimum absolute atomic E-state index is 0.0310. The fourth-order valence-electron chi connectivity index (χ4n) is 5.04. The first kappa shape index (κ1) is 29.4. The molecule has 0 aromatic heterocycles. The fourth-order valence-corrected chi connectivity index (χ4v) is 5.04. The Labute approximate surface area is 235 Å². The molecule has 13 heteroatoms. The number of carboxylic acid groups (broad SMARTS) is 1. The zero-order valence-corrected chi connectivity index (χ0v) is 22.8. The molecule has 4 amide bonds. The Kier molecular flexibility index (Phi) is 8.27. The van der Waals surface area contributed by atoms with Crippen LogP contribution in [0.15, 0.2) is 53.6 Å². The maximum Gasteiger partial charge on any atom is 0.405 e. The molecule has 2 aliphatic rings. The lowest BCUT2D eigenvalue weighted by Gasteiger charge is -2.40. The third-order valence-corrected chi connectivity index (χ3v) is 7.16. The number of ether oxygens (including phenoxy) is 1. The summed E-state index contributed by atoms with van der Waals surface area (Å²) in [6.07, 6.45) is -0.856. The van der Waals surface area contributed by atoms with Crippen molar-refractivity contribution in [1.82, 2.24) is 20.5 Å². The van der Waals surface area contributed by atoms with Gasteiger partial charge in [0.15, 0.2) is 11.6 Å². The molecule has 0 bridgehead atoms. The van der Waals surface area contributed by atoms with E-state index in [0.717, 1.165) is 17.7 Å². The van der Waals surface area contributed by atoms with E-state index in [4.69, 9.17) is 9.84 Å². The van der Waals surface area contributed by atoms with E-state index in [1.54, 1.807) is 7.05 Å². The highest BCUT2D eigenvalue weighted by atomic mass is 19.1. The van der Waals surface area contributed by atoms with Crippen LogP contribution in [0.25, 0.3) is 0 Å². The molecule has 2 aromatic rings. The van der Waals surface area contributed by atoms with Crippen molar-refractivity contribution < 1.29 is 37.8 Å². The number of nitrogens with zero attached hydrogens (tertiary/aromatic N) is 3. The summed E-state index contributed by atoms with van der Waals surface area (Å²) in [6, 6.07) is 10.6. The Morgan fingerprint density at radius 1 is 1.17 bits per heavy atom. The number of likely N-dealkylation sites (tertiary alicyclic amines) is 1. The SMILES string of the molecule is CN1N=C2CCN(C(=O)C(COc3ccc(F)cc3F)NC(=O)C(C)(C)NC(=O)O)CC2(Cc2ccccc2)C1=O. The monoisotopic (exact) mass is 571 g/mol. The quantitative estimate of drug-likeness (QED) is 0.422. The second-order valence-corrected chi connectivity index (χ2v) is 10.6. The number of piperidine rings is 1. The number of benzene rings is 2. The average molecular weight is 572 g/mol. The summed E-state index contributed by atoms with van der Waals surface area (Å²) in [4.78, 5) is 53.0. The van der Waals surface area contributed by atoms with Gasteiger partial charge in [-0.1, -0.05) is 30.3 Å². The van der Waals surface area contributed by atoms with Crippen LogP contribution >= 0.6 is 0 Å². The maximum atomic E-state index is 14.3. The number of carbonyl (C=O) groups is 4. The number of hydrogen-bond acceptors (Lipinski definition) is 6. The van der Waals surface area contributed by atoms with Crippen LogP contribution in [0.5, 0.6) is 5.75 Å². The van der Waals surface area contributed by atoms with Crippen molar-refractivity contribution in [2.24, 2.45) is 10.5 Å². The van der Waals surface area contributed by atoms with Gasteiger partial charge in [0, 0.05) is 32.6 Å². The van der Waals surface area contributed by atoms with Gasteiger partial charge in [0.2, 0.25) is 11.8 Å². The van der Waals surface area contributed by atoms with Crippen molar-refractivity contribution >= 4 is 29.5 Å². The van der Waals surface area contributed by atoms with Crippen molar-refractivity contribution in [3.8, 4) is 5.75 Å². The first-order chi connectivity index (χ1) is 19.3. The highest BCUT2D eigenvalue weighted by Gasteiger charge is 2.54. The highest BCUT2D eigenvalue weighted by molar-refractivity contribution is 6.13. The molecule has 41 heavy (non-hydrogen) atoms. The minimum Gasteiger partial charge on any atom is -0.488 e.